The Hall–Kier alpha value is -0.0900. The van der Waals surface area contributed by atoms with Crippen molar-refractivity contribution in [2.24, 2.45) is 10.4 Å². The average molecular weight is 543 g/mol. The van der Waals surface area contributed by atoms with Crippen molar-refractivity contribution < 1.29 is 8.42 Å². The number of nitrogens with zero attached hydrogens (tertiary/aromatic N) is 2. The van der Waals surface area contributed by atoms with Crippen LogP contribution in [0.3, 0.4) is 0 Å². The van der Waals surface area contributed by atoms with Gasteiger partial charge in [0.25, 0.3) is 0 Å². The van der Waals surface area contributed by atoms with E-state index in [1.807, 2.05) is 0 Å². The molecule has 0 atom stereocenters. The zero-order chi connectivity index (χ0) is 20.6. The van der Waals surface area contributed by atoms with Gasteiger partial charge in [-0.25, -0.2) is 8.42 Å². The van der Waals surface area contributed by atoms with Gasteiger partial charge in [0.1, 0.15) is 9.84 Å². The highest BCUT2D eigenvalue weighted by molar-refractivity contribution is 14.0. The third-order valence-electron chi connectivity index (χ3n) is 6.12. The summed E-state index contributed by atoms with van der Waals surface area (Å²) < 4.78 is 22.9. The Morgan fingerprint density at radius 1 is 1.10 bits per heavy atom. The van der Waals surface area contributed by atoms with Crippen LogP contribution in [-0.2, 0) is 9.84 Å². The van der Waals surface area contributed by atoms with Crippen molar-refractivity contribution in [1.82, 2.24) is 15.5 Å². The van der Waals surface area contributed by atoms with Crippen LogP contribution in [0.25, 0.3) is 0 Å². The summed E-state index contributed by atoms with van der Waals surface area (Å²) >= 11 is 0. The Morgan fingerprint density at radius 2 is 1.72 bits per heavy atom. The minimum Gasteiger partial charge on any atom is -0.357 e. The summed E-state index contributed by atoms with van der Waals surface area (Å²) in [5.41, 5.74) is -0.129. The molecule has 0 spiro atoms. The third kappa shape index (κ3) is 10.7. The van der Waals surface area contributed by atoms with Crippen LogP contribution >= 0.6 is 24.0 Å². The quantitative estimate of drug-likeness (QED) is 0.280. The SMILES string of the molecule is CCNC(=NCC(C)(C)CCS(C)(=O)=O)NC1CCN(C2CCCCC2)CC1.I. The lowest BCUT2D eigenvalue weighted by Crippen LogP contribution is -2.51. The van der Waals surface area contributed by atoms with Gasteiger partial charge < -0.3 is 15.5 Å². The maximum atomic E-state index is 11.5. The number of guanidine groups is 1. The molecule has 0 radical (unpaired) electrons. The van der Waals surface area contributed by atoms with Gasteiger partial charge in [0, 0.05) is 44.5 Å². The topological polar surface area (TPSA) is 73.8 Å². The molecule has 2 rings (SSSR count). The van der Waals surface area contributed by atoms with Crippen molar-refractivity contribution in [3.8, 4) is 0 Å². The van der Waals surface area contributed by atoms with Gasteiger partial charge in [-0.15, -0.1) is 24.0 Å². The van der Waals surface area contributed by atoms with Gasteiger partial charge in [0.05, 0.1) is 5.75 Å². The third-order valence-corrected chi connectivity index (χ3v) is 7.07. The van der Waals surface area contributed by atoms with Crippen LogP contribution in [0.5, 0.6) is 0 Å². The Bertz CT molecular complexity index is 596. The molecule has 2 aliphatic rings. The van der Waals surface area contributed by atoms with Crippen molar-refractivity contribution in [2.75, 3.05) is 38.2 Å². The molecule has 0 aromatic rings. The van der Waals surface area contributed by atoms with E-state index in [1.54, 1.807) is 0 Å². The molecular formula is C21H43IN4O2S. The number of hydrogen-bond acceptors (Lipinski definition) is 4. The summed E-state index contributed by atoms with van der Waals surface area (Å²) in [6, 6.07) is 1.28. The van der Waals surface area contributed by atoms with Crippen LogP contribution in [0, 0.1) is 5.41 Å². The van der Waals surface area contributed by atoms with Crippen molar-refractivity contribution in [1.29, 1.82) is 0 Å². The standard InChI is InChI=1S/C21H42N4O2S.HI/c1-5-22-20(23-17-21(2,3)13-16-28(4,26)27)24-18-11-14-25(15-12-18)19-9-7-6-8-10-19;/h18-19H,5-17H2,1-4H3,(H2,22,23,24);1H. The van der Waals surface area contributed by atoms with Crippen molar-refractivity contribution in [3.63, 3.8) is 0 Å². The highest BCUT2D eigenvalue weighted by Crippen LogP contribution is 2.25. The predicted molar refractivity (Wildman–Crippen MR) is 134 cm³/mol. The van der Waals surface area contributed by atoms with E-state index in [4.69, 9.17) is 4.99 Å². The van der Waals surface area contributed by atoms with Crippen LogP contribution < -0.4 is 10.6 Å². The summed E-state index contributed by atoms with van der Waals surface area (Å²) in [7, 11) is -2.93. The fraction of sp³-hybridized carbons (Fsp3) is 0.952. The van der Waals surface area contributed by atoms with Gasteiger partial charge in [-0.3, -0.25) is 4.99 Å². The summed E-state index contributed by atoms with van der Waals surface area (Å²) in [6.45, 7) is 10.1. The van der Waals surface area contributed by atoms with Crippen LogP contribution in [0.15, 0.2) is 4.99 Å². The van der Waals surface area contributed by atoms with Crippen molar-refractivity contribution in [2.45, 2.75) is 84.2 Å². The van der Waals surface area contributed by atoms with Crippen LogP contribution in [0.1, 0.15) is 72.1 Å². The molecule has 2 N–H and O–H groups in total. The first kappa shape index (κ1) is 26.9. The first-order chi connectivity index (χ1) is 13.2. The van der Waals surface area contributed by atoms with Crippen molar-refractivity contribution in [3.05, 3.63) is 0 Å². The average Bonchev–Trinajstić information content (AvgIpc) is 2.66. The lowest BCUT2D eigenvalue weighted by molar-refractivity contribution is 0.119. The molecular weight excluding hydrogens is 499 g/mol. The number of rotatable bonds is 8. The van der Waals surface area contributed by atoms with E-state index in [-0.39, 0.29) is 35.1 Å². The molecule has 172 valence electrons. The molecule has 8 heteroatoms. The molecule has 6 nitrogen and oxygen atoms in total. The number of piperidine rings is 1. The van der Waals surface area contributed by atoms with E-state index in [2.05, 4.69) is 36.3 Å². The minimum absolute atomic E-state index is 0. The molecule has 0 unspecified atom stereocenters. The summed E-state index contributed by atoms with van der Waals surface area (Å²) in [5, 5.41) is 6.98. The zero-order valence-corrected chi connectivity index (χ0v) is 22.0. The van der Waals surface area contributed by atoms with Crippen LogP contribution in [0.2, 0.25) is 0 Å². The largest absolute Gasteiger partial charge is 0.357 e. The van der Waals surface area contributed by atoms with Gasteiger partial charge in [0.15, 0.2) is 5.96 Å². The Morgan fingerprint density at radius 3 is 2.28 bits per heavy atom. The van der Waals surface area contributed by atoms with Gasteiger partial charge in [-0.2, -0.15) is 0 Å². The van der Waals surface area contributed by atoms with E-state index in [0.29, 0.717) is 19.0 Å². The second-order valence-electron chi connectivity index (χ2n) is 9.49. The van der Waals surface area contributed by atoms with Crippen LogP contribution in [-0.4, -0.2) is 69.5 Å². The smallest absolute Gasteiger partial charge is 0.191 e. The highest BCUT2D eigenvalue weighted by Gasteiger charge is 2.27. The lowest BCUT2D eigenvalue weighted by atomic mass is 9.90. The first-order valence-electron chi connectivity index (χ1n) is 11.2. The fourth-order valence-corrected chi connectivity index (χ4v) is 5.13. The number of likely N-dealkylation sites (tertiary alicyclic amines) is 1. The molecule has 29 heavy (non-hydrogen) atoms. The van der Waals surface area contributed by atoms with Gasteiger partial charge in [-0.05, 0) is 44.4 Å². The van der Waals surface area contributed by atoms with E-state index in [0.717, 1.165) is 18.5 Å². The summed E-state index contributed by atoms with van der Waals surface area (Å²) in [6.07, 6.45) is 11.2. The Kier molecular flexibility index (Phi) is 11.8. The lowest BCUT2D eigenvalue weighted by Gasteiger charge is -2.39. The van der Waals surface area contributed by atoms with E-state index in [1.165, 1.54) is 64.3 Å². The number of hydrogen-bond donors (Lipinski definition) is 2. The molecule has 1 aliphatic heterocycles. The molecule has 1 heterocycles. The molecule has 1 aliphatic carbocycles. The van der Waals surface area contributed by atoms with Gasteiger partial charge >= 0.3 is 0 Å². The van der Waals surface area contributed by atoms with E-state index >= 15 is 0 Å². The summed E-state index contributed by atoms with van der Waals surface area (Å²) in [5.74, 6) is 1.09. The van der Waals surface area contributed by atoms with Gasteiger partial charge in [-0.1, -0.05) is 33.1 Å². The number of nitrogens with one attached hydrogen (secondary N) is 2. The monoisotopic (exact) mass is 542 g/mol. The fourth-order valence-electron chi connectivity index (χ4n) is 4.20. The molecule has 1 saturated heterocycles. The number of aliphatic imine (C=N–C) groups is 1. The number of halogens is 1. The van der Waals surface area contributed by atoms with Gasteiger partial charge in [0.2, 0.25) is 0 Å². The minimum atomic E-state index is -2.93. The second-order valence-corrected chi connectivity index (χ2v) is 11.7. The van der Waals surface area contributed by atoms with Crippen molar-refractivity contribution >= 4 is 39.8 Å². The molecule has 0 aromatic carbocycles. The first-order valence-corrected chi connectivity index (χ1v) is 13.2. The Labute approximate surface area is 196 Å². The van der Waals surface area contributed by atoms with Crippen LogP contribution in [0.4, 0.5) is 0 Å². The van der Waals surface area contributed by atoms with E-state index < -0.39 is 9.84 Å². The highest BCUT2D eigenvalue weighted by atomic mass is 127. The normalized spacial score (nSPS) is 20.9. The second kappa shape index (κ2) is 12.7. The van der Waals surface area contributed by atoms with E-state index in [9.17, 15) is 8.42 Å². The molecule has 0 aromatic heterocycles. The maximum absolute atomic E-state index is 11.5. The maximum Gasteiger partial charge on any atom is 0.191 e. The molecule has 0 amide bonds. The number of sulfone groups is 1. The molecule has 0 bridgehead atoms. The molecule has 1 saturated carbocycles. The predicted octanol–water partition coefficient (Wildman–Crippen LogP) is 3.42. The zero-order valence-electron chi connectivity index (χ0n) is 18.9. The summed E-state index contributed by atoms with van der Waals surface area (Å²) in [4.78, 5) is 7.48. The Balaban J connectivity index is 0.00000420. The molecule has 2 fully saturated rings.